The van der Waals surface area contributed by atoms with Crippen LogP contribution in [0.4, 0.5) is 13.2 Å². The third-order valence-corrected chi connectivity index (χ3v) is 3.17. The molecule has 2 rings (SSSR count). The summed E-state index contributed by atoms with van der Waals surface area (Å²) in [4.78, 5) is 22.9. The van der Waals surface area contributed by atoms with Gasteiger partial charge in [0.2, 0.25) is 6.10 Å². The zero-order valence-electron chi connectivity index (χ0n) is 11.6. The van der Waals surface area contributed by atoms with Gasteiger partial charge < -0.3 is 14.6 Å². The van der Waals surface area contributed by atoms with Crippen molar-refractivity contribution in [2.75, 3.05) is 6.61 Å². The third-order valence-electron chi connectivity index (χ3n) is 2.95. The predicted octanol–water partition coefficient (Wildman–Crippen LogP) is 3.31. The van der Waals surface area contributed by atoms with Crippen LogP contribution in [0.3, 0.4) is 0 Å². The lowest BCUT2D eigenvalue weighted by Crippen LogP contribution is -2.41. The molecule has 0 amide bonds. The maximum absolute atomic E-state index is 13.2. The molecule has 9 heteroatoms. The van der Waals surface area contributed by atoms with E-state index in [0.717, 1.165) is 12.1 Å². The Morgan fingerprint density at radius 3 is 2.57 bits per heavy atom. The van der Waals surface area contributed by atoms with Crippen LogP contribution in [0.25, 0.3) is 6.08 Å². The zero-order valence-corrected chi connectivity index (χ0v) is 12.4. The Morgan fingerprint density at radius 2 is 2.04 bits per heavy atom. The number of carboxylic acids is 1. The average Bonchev–Trinajstić information content (AvgIpc) is 2.44. The van der Waals surface area contributed by atoms with Crippen molar-refractivity contribution in [3.05, 3.63) is 33.9 Å². The summed E-state index contributed by atoms with van der Waals surface area (Å²) in [5.41, 5.74) is -1.34. The van der Waals surface area contributed by atoms with Gasteiger partial charge in [0.05, 0.1) is 12.2 Å². The molecule has 1 aliphatic heterocycles. The van der Waals surface area contributed by atoms with Crippen molar-refractivity contribution in [3.8, 4) is 5.75 Å². The molecule has 0 saturated carbocycles. The minimum Gasteiger partial charge on any atom is -0.478 e. The molecule has 124 valence electrons. The quantitative estimate of drug-likeness (QED) is 0.847. The number of ether oxygens (including phenoxy) is 2. The molecule has 1 unspecified atom stereocenters. The monoisotopic (exact) mass is 350 g/mol. The summed E-state index contributed by atoms with van der Waals surface area (Å²) < 4.78 is 48.8. The predicted molar refractivity (Wildman–Crippen MR) is 73.5 cm³/mol. The van der Waals surface area contributed by atoms with Crippen molar-refractivity contribution < 1.29 is 37.3 Å². The smallest absolute Gasteiger partial charge is 0.430 e. The molecule has 0 aromatic heterocycles. The number of halogens is 4. The average molecular weight is 351 g/mol. The second kappa shape index (κ2) is 6.11. The van der Waals surface area contributed by atoms with E-state index in [4.69, 9.17) is 21.4 Å². The normalized spacial score (nSPS) is 16.9. The topological polar surface area (TPSA) is 72.8 Å². The molecule has 1 aromatic rings. The van der Waals surface area contributed by atoms with E-state index in [1.54, 1.807) is 0 Å². The number of esters is 1. The molecule has 0 saturated heterocycles. The Morgan fingerprint density at radius 1 is 1.39 bits per heavy atom. The van der Waals surface area contributed by atoms with E-state index in [1.807, 2.05) is 0 Å². The van der Waals surface area contributed by atoms with E-state index < -0.39 is 41.1 Å². The van der Waals surface area contributed by atoms with Gasteiger partial charge in [-0.05, 0) is 25.1 Å². The fraction of sp³-hybridized carbons (Fsp3) is 0.286. The van der Waals surface area contributed by atoms with E-state index in [1.165, 1.54) is 13.0 Å². The highest BCUT2D eigenvalue weighted by molar-refractivity contribution is 6.31. The summed E-state index contributed by atoms with van der Waals surface area (Å²) in [6.45, 7) is 1.32. The molecule has 0 fully saturated rings. The second-order valence-corrected chi connectivity index (χ2v) is 4.97. The van der Waals surface area contributed by atoms with Crippen molar-refractivity contribution in [2.24, 2.45) is 0 Å². The van der Waals surface area contributed by atoms with Crippen LogP contribution < -0.4 is 4.74 Å². The summed E-state index contributed by atoms with van der Waals surface area (Å²) in [7, 11) is 0. The van der Waals surface area contributed by atoms with Crippen molar-refractivity contribution in [1.29, 1.82) is 0 Å². The standard InChI is InChI=1S/C14H10ClF3O5/c1-2-22-13(21)9-4-6-3-7(15)5-8(12(19)20)10(6)23-11(9)14(16,17)18/h3-5,11H,2H2,1H3,(H,19,20). The molecule has 0 aliphatic carbocycles. The van der Waals surface area contributed by atoms with Crippen LogP contribution in [0, 0.1) is 0 Å². The minimum atomic E-state index is -4.92. The number of carbonyl (C=O) groups is 2. The molecule has 23 heavy (non-hydrogen) atoms. The second-order valence-electron chi connectivity index (χ2n) is 4.54. The first-order valence-electron chi connectivity index (χ1n) is 6.34. The summed E-state index contributed by atoms with van der Waals surface area (Å²) in [6, 6.07) is 2.18. The van der Waals surface area contributed by atoms with Crippen molar-refractivity contribution in [1.82, 2.24) is 0 Å². The number of benzene rings is 1. The van der Waals surface area contributed by atoms with Gasteiger partial charge in [0.25, 0.3) is 0 Å². The number of hydrogen-bond acceptors (Lipinski definition) is 4. The fourth-order valence-electron chi connectivity index (χ4n) is 2.06. The van der Waals surface area contributed by atoms with Gasteiger partial charge in [-0.3, -0.25) is 0 Å². The Balaban J connectivity index is 2.64. The number of carboxylic acid groups (broad SMARTS) is 1. The number of carbonyl (C=O) groups excluding carboxylic acids is 1. The molecule has 0 bridgehead atoms. The molecule has 1 atom stereocenters. The van der Waals surface area contributed by atoms with Gasteiger partial charge in [-0.1, -0.05) is 11.6 Å². The van der Waals surface area contributed by atoms with Crippen LogP contribution in [0.15, 0.2) is 17.7 Å². The van der Waals surface area contributed by atoms with E-state index in [2.05, 4.69) is 4.74 Å². The maximum Gasteiger partial charge on any atom is 0.430 e. The first-order chi connectivity index (χ1) is 10.6. The summed E-state index contributed by atoms with van der Waals surface area (Å²) in [6.07, 6.45) is -6.66. The van der Waals surface area contributed by atoms with Crippen molar-refractivity contribution in [3.63, 3.8) is 0 Å². The molecule has 0 radical (unpaired) electrons. The minimum absolute atomic E-state index is 0.0188. The lowest BCUT2D eigenvalue weighted by molar-refractivity contribution is -0.188. The fourth-order valence-corrected chi connectivity index (χ4v) is 2.29. The SMILES string of the molecule is CCOC(=O)C1=Cc2cc(Cl)cc(C(=O)O)c2OC1C(F)(F)F. The summed E-state index contributed by atoms with van der Waals surface area (Å²) >= 11 is 5.75. The third kappa shape index (κ3) is 3.42. The Kier molecular flexibility index (Phi) is 4.56. The number of fused-ring (bicyclic) bond motifs is 1. The van der Waals surface area contributed by atoms with Crippen LogP contribution in [-0.2, 0) is 9.53 Å². The van der Waals surface area contributed by atoms with E-state index in [-0.39, 0.29) is 17.2 Å². The van der Waals surface area contributed by atoms with Gasteiger partial charge in [-0.2, -0.15) is 13.2 Å². The van der Waals surface area contributed by atoms with Gasteiger partial charge in [0, 0.05) is 10.6 Å². The molecular weight excluding hydrogens is 341 g/mol. The van der Waals surface area contributed by atoms with Crippen LogP contribution >= 0.6 is 11.6 Å². The molecule has 0 spiro atoms. The van der Waals surface area contributed by atoms with E-state index in [0.29, 0.717) is 0 Å². The Hall–Kier alpha value is -2.22. The van der Waals surface area contributed by atoms with E-state index >= 15 is 0 Å². The van der Waals surface area contributed by atoms with Crippen LogP contribution in [0.2, 0.25) is 5.02 Å². The highest BCUT2D eigenvalue weighted by Crippen LogP contribution is 2.40. The van der Waals surface area contributed by atoms with Crippen LogP contribution in [-0.4, -0.2) is 35.9 Å². The van der Waals surface area contributed by atoms with Gasteiger partial charge in [0.15, 0.2) is 0 Å². The molecule has 1 aromatic carbocycles. The lowest BCUT2D eigenvalue weighted by Gasteiger charge is -2.28. The number of aromatic carboxylic acids is 1. The summed E-state index contributed by atoms with van der Waals surface area (Å²) in [5, 5.41) is 9.06. The van der Waals surface area contributed by atoms with Crippen molar-refractivity contribution in [2.45, 2.75) is 19.2 Å². The first-order valence-corrected chi connectivity index (χ1v) is 6.71. The van der Waals surface area contributed by atoms with Crippen LogP contribution in [0.5, 0.6) is 5.75 Å². The van der Waals surface area contributed by atoms with Gasteiger partial charge in [0.1, 0.15) is 11.3 Å². The van der Waals surface area contributed by atoms with Gasteiger partial charge >= 0.3 is 18.1 Å². The Labute approximate surface area is 133 Å². The molecule has 1 aliphatic rings. The number of alkyl halides is 3. The van der Waals surface area contributed by atoms with Gasteiger partial charge in [-0.15, -0.1) is 0 Å². The number of hydrogen-bond donors (Lipinski definition) is 1. The van der Waals surface area contributed by atoms with Crippen molar-refractivity contribution >= 4 is 29.6 Å². The van der Waals surface area contributed by atoms with Gasteiger partial charge in [-0.25, -0.2) is 9.59 Å². The maximum atomic E-state index is 13.2. The summed E-state index contributed by atoms with van der Waals surface area (Å²) in [5.74, 6) is -3.20. The Bertz CT molecular complexity index is 696. The first kappa shape index (κ1) is 17.1. The number of rotatable bonds is 3. The zero-order chi connectivity index (χ0) is 17.4. The molecule has 5 nitrogen and oxygen atoms in total. The van der Waals surface area contributed by atoms with E-state index in [9.17, 15) is 22.8 Å². The lowest BCUT2D eigenvalue weighted by atomic mass is 9.98. The molecule has 1 N–H and O–H groups in total. The highest BCUT2D eigenvalue weighted by Gasteiger charge is 2.49. The highest BCUT2D eigenvalue weighted by atomic mass is 35.5. The van der Waals surface area contributed by atoms with Crippen LogP contribution in [0.1, 0.15) is 22.8 Å². The molecule has 1 heterocycles. The largest absolute Gasteiger partial charge is 0.478 e. The molecular formula is C14H10ClF3O5.